The fraction of sp³-hybridized carbons (Fsp3) is 0.500. The van der Waals surface area contributed by atoms with E-state index < -0.39 is 35.2 Å². The molecule has 0 fully saturated rings. The predicted octanol–water partition coefficient (Wildman–Crippen LogP) is 3.20. The van der Waals surface area contributed by atoms with Crippen LogP contribution in [0.1, 0.15) is 57.7 Å². The minimum absolute atomic E-state index is 0.103. The molecule has 5 N–H and O–H groups in total. The number of amides is 3. The molecule has 0 aromatic heterocycles. The number of nitrogens with one attached hydrogen (secondary N) is 4. The van der Waals surface area contributed by atoms with Gasteiger partial charge < -0.3 is 16.0 Å². The van der Waals surface area contributed by atoms with Gasteiger partial charge in [0.25, 0.3) is 5.91 Å². The van der Waals surface area contributed by atoms with E-state index in [1.54, 1.807) is 5.48 Å². The van der Waals surface area contributed by atoms with Crippen molar-refractivity contribution in [1.82, 2.24) is 21.4 Å². The molecule has 3 atom stereocenters. The Morgan fingerprint density at radius 2 is 1.63 bits per heavy atom. The van der Waals surface area contributed by atoms with Crippen molar-refractivity contribution < 1.29 is 19.6 Å². The second kappa shape index (κ2) is 12.5. The Kier molecular flexibility index (Phi) is 9.68. The molecule has 0 spiro atoms. The van der Waals surface area contributed by atoms with Crippen LogP contribution in [-0.2, 0) is 27.2 Å². The Labute approximate surface area is 225 Å². The first-order valence-corrected chi connectivity index (χ1v) is 13.4. The summed E-state index contributed by atoms with van der Waals surface area (Å²) in [5.74, 6) is -2.07. The van der Waals surface area contributed by atoms with Crippen LogP contribution in [0.5, 0.6) is 0 Å². The zero-order chi connectivity index (χ0) is 28.0. The number of rotatable bonds is 11. The largest absolute Gasteiger partial charge is 0.357 e. The van der Waals surface area contributed by atoms with Crippen molar-refractivity contribution in [2.75, 3.05) is 13.6 Å². The van der Waals surface area contributed by atoms with Crippen molar-refractivity contribution in [3.05, 3.63) is 59.2 Å². The minimum atomic E-state index is -0.970. The van der Waals surface area contributed by atoms with Gasteiger partial charge in [-0.1, -0.05) is 77.1 Å². The summed E-state index contributed by atoms with van der Waals surface area (Å²) in [4.78, 5) is 38.8. The molecular weight excluding hydrogens is 480 g/mol. The Morgan fingerprint density at radius 1 is 0.947 bits per heavy atom. The molecule has 2 aromatic rings. The summed E-state index contributed by atoms with van der Waals surface area (Å²) >= 11 is 0. The van der Waals surface area contributed by atoms with E-state index in [1.165, 1.54) is 29.3 Å². The smallest absolute Gasteiger partial charge is 0.261 e. The average molecular weight is 523 g/mol. The molecule has 0 saturated carbocycles. The van der Waals surface area contributed by atoms with Crippen molar-refractivity contribution in [3.63, 3.8) is 0 Å². The fourth-order valence-electron chi connectivity index (χ4n) is 5.16. The zero-order valence-electron chi connectivity index (χ0n) is 23.4. The highest BCUT2D eigenvalue weighted by Gasteiger charge is 2.38. The third kappa shape index (κ3) is 6.99. The Bertz CT molecular complexity index is 1160. The van der Waals surface area contributed by atoms with Gasteiger partial charge in [-0.05, 0) is 65.0 Å². The molecule has 0 heterocycles. The molecule has 0 radical (unpaired) electrons. The van der Waals surface area contributed by atoms with Crippen LogP contribution in [0.3, 0.4) is 0 Å². The summed E-state index contributed by atoms with van der Waals surface area (Å²) < 4.78 is 0. The average Bonchev–Trinajstić information content (AvgIpc) is 3.25. The zero-order valence-corrected chi connectivity index (χ0v) is 23.4. The minimum Gasteiger partial charge on any atom is -0.357 e. The van der Waals surface area contributed by atoms with Gasteiger partial charge in [-0.15, -0.1) is 0 Å². The maximum absolute atomic E-state index is 13.5. The Balaban J connectivity index is 1.76. The molecule has 3 amide bonds. The van der Waals surface area contributed by atoms with Gasteiger partial charge in [0.2, 0.25) is 11.8 Å². The molecule has 8 heteroatoms. The number of hydroxylamine groups is 1. The molecular formula is C30H42N4O4. The lowest BCUT2D eigenvalue weighted by molar-refractivity contribution is -0.139. The fourth-order valence-corrected chi connectivity index (χ4v) is 5.16. The van der Waals surface area contributed by atoms with Gasteiger partial charge in [0.15, 0.2) is 0 Å². The van der Waals surface area contributed by atoms with Crippen molar-refractivity contribution in [3.8, 4) is 11.1 Å². The van der Waals surface area contributed by atoms with E-state index in [9.17, 15) is 19.6 Å². The molecule has 38 heavy (non-hydrogen) atoms. The molecule has 0 saturated heterocycles. The molecule has 0 bridgehead atoms. The third-order valence-corrected chi connectivity index (χ3v) is 7.16. The second-order valence-corrected chi connectivity index (χ2v) is 11.6. The van der Waals surface area contributed by atoms with Crippen molar-refractivity contribution in [1.29, 1.82) is 0 Å². The molecule has 0 unspecified atom stereocenters. The van der Waals surface area contributed by atoms with E-state index in [0.717, 1.165) is 12.0 Å². The van der Waals surface area contributed by atoms with E-state index in [-0.39, 0.29) is 11.8 Å². The summed E-state index contributed by atoms with van der Waals surface area (Å²) in [6.45, 7) is 9.98. The van der Waals surface area contributed by atoms with Crippen LogP contribution in [0.25, 0.3) is 11.1 Å². The summed E-state index contributed by atoms with van der Waals surface area (Å²) in [6, 6.07) is 13.1. The van der Waals surface area contributed by atoms with Crippen molar-refractivity contribution in [2.24, 2.45) is 17.3 Å². The van der Waals surface area contributed by atoms with Gasteiger partial charge >= 0.3 is 0 Å². The third-order valence-electron chi connectivity index (χ3n) is 7.16. The van der Waals surface area contributed by atoms with Crippen molar-refractivity contribution in [2.45, 2.75) is 66.0 Å². The maximum atomic E-state index is 13.5. The number of likely N-dealkylation sites (N-methyl/N-ethyl adjacent to an activating group) is 1. The van der Waals surface area contributed by atoms with Crippen LogP contribution in [-0.4, -0.2) is 48.6 Å². The SMILES string of the molecule is CNC(=O)[C@@H](NC(=O)[C@H](CC(C)C)[C@H](NCCc1ccc2c(c1)-c1ccccc1C2)C(=O)NO)C(C)(C)C. The number of benzene rings is 2. The number of carbonyl (C=O) groups is 3. The summed E-state index contributed by atoms with van der Waals surface area (Å²) in [5.41, 5.74) is 7.43. The molecule has 1 aliphatic rings. The van der Waals surface area contributed by atoms with Gasteiger partial charge in [0.1, 0.15) is 12.1 Å². The topological polar surface area (TPSA) is 120 Å². The number of hydrogen-bond donors (Lipinski definition) is 5. The molecule has 206 valence electrons. The predicted molar refractivity (Wildman–Crippen MR) is 149 cm³/mol. The number of fused-ring (bicyclic) bond motifs is 3. The van der Waals surface area contributed by atoms with Crippen LogP contribution in [0.2, 0.25) is 0 Å². The van der Waals surface area contributed by atoms with Gasteiger partial charge in [0, 0.05) is 7.05 Å². The van der Waals surface area contributed by atoms with Crippen LogP contribution in [0.15, 0.2) is 42.5 Å². The lowest BCUT2D eigenvalue weighted by atomic mass is 9.84. The van der Waals surface area contributed by atoms with Crippen molar-refractivity contribution >= 4 is 17.7 Å². The first-order valence-electron chi connectivity index (χ1n) is 13.4. The van der Waals surface area contributed by atoms with E-state index in [0.29, 0.717) is 19.4 Å². The highest BCUT2D eigenvalue weighted by atomic mass is 16.5. The number of hydrogen-bond acceptors (Lipinski definition) is 5. The summed E-state index contributed by atoms with van der Waals surface area (Å²) in [5, 5.41) is 18.2. The highest BCUT2D eigenvalue weighted by molar-refractivity contribution is 5.93. The van der Waals surface area contributed by atoms with Crippen LogP contribution < -0.4 is 21.4 Å². The van der Waals surface area contributed by atoms with Gasteiger partial charge in [-0.25, -0.2) is 5.48 Å². The lowest BCUT2D eigenvalue weighted by Gasteiger charge is -2.33. The molecule has 1 aliphatic carbocycles. The van der Waals surface area contributed by atoms with E-state index in [1.807, 2.05) is 34.6 Å². The molecule has 8 nitrogen and oxygen atoms in total. The van der Waals surface area contributed by atoms with Crippen LogP contribution in [0.4, 0.5) is 0 Å². The molecule has 3 rings (SSSR count). The van der Waals surface area contributed by atoms with Gasteiger partial charge in [-0.2, -0.15) is 0 Å². The highest BCUT2D eigenvalue weighted by Crippen LogP contribution is 2.36. The molecule has 2 aromatic carbocycles. The van der Waals surface area contributed by atoms with E-state index >= 15 is 0 Å². The van der Waals surface area contributed by atoms with Crippen LogP contribution >= 0.6 is 0 Å². The standard InChI is InChI=1S/C30H42N4O4/c1-18(2)15-24(27(35)33-26(29(37)31-6)30(3,4)5)25(28(36)34-38)32-14-13-19-11-12-21-17-20-9-7-8-10-22(20)23(21)16-19/h7-12,16,18,24-26,32,38H,13-15,17H2,1-6H3,(H,31,37)(H,33,35)(H,34,36)/t24-,25+,26-/m1/s1. The maximum Gasteiger partial charge on any atom is 0.261 e. The summed E-state index contributed by atoms with van der Waals surface area (Å²) in [6.07, 6.45) is 1.97. The first-order chi connectivity index (χ1) is 18.0. The monoisotopic (exact) mass is 522 g/mol. The molecule has 0 aliphatic heterocycles. The van der Waals surface area contributed by atoms with Gasteiger partial charge in [-0.3, -0.25) is 19.6 Å². The number of carbonyl (C=O) groups excluding carboxylic acids is 3. The Morgan fingerprint density at radius 3 is 2.26 bits per heavy atom. The quantitative estimate of drug-likeness (QED) is 0.196. The first kappa shape index (κ1) is 29.3. The van der Waals surface area contributed by atoms with E-state index in [2.05, 4.69) is 58.4 Å². The normalized spacial score (nSPS) is 14.7. The summed E-state index contributed by atoms with van der Waals surface area (Å²) in [7, 11) is 1.53. The van der Waals surface area contributed by atoms with Gasteiger partial charge in [0.05, 0.1) is 5.92 Å². The van der Waals surface area contributed by atoms with Crippen LogP contribution in [0, 0.1) is 17.3 Å². The van der Waals surface area contributed by atoms with E-state index in [4.69, 9.17) is 0 Å². The Hall–Kier alpha value is -3.23. The lowest BCUT2D eigenvalue weighted by Crippen LogP contribution is -2.58. The second-order valence-electron chi connectivity index (χ2n) is 11.6.